The van der Waals surface area contributed by atoms with Gasteiger partial charge >= 0.3 is 5.97 Å². The summed E-state index contributed by atoms with van der Waals surface area (Å²) in [5, 5.41) is 3.27. The Labute approximate surface area is 132 Å². The van der Waals surface area contributed by atoms with Crippen molar-refractivity contribution in [3.63, 3.8) is 0 Å². The molecule has 1 heterocycles. The fraction of sp³-hybridized carbons (Fsp3) is 0.429. The number of rotatable bonds is 5. The van der Waals surface area contributed by atoms with E-state index in [2.05, 4.69) is 5.32 Å². The second-order valence-electron chi connectivity index (χ2n) is 4.64. The minimum atomic E-state index is -0.624. The molecular formula is C14H15Cl2NO4. The summed E-state index contributed by atoms with van der Waals surface area (Å²) in [5.74, 6) is -0.986. The van der Waals surface area contributed by atoms with E-state index in [4.69, 9.17) is 32.7 Å². The van der Waals surface area contributed by atoms with Gasteiger partial charge in [-0.05, 0) is 31.0 Å². The van der Waals surface area contributed by atoms with E-state index >= 15 is 0 Å². The number of halogens is 2. The summed E-state index contributed by atoms with van der Waals surface area (Å²) in [6.45, 7) is 0.821. The summed E-state index contributed by atoms with van der Waals surface area (Å²) in [6.07, 6.45) is 2.00. The largest absolute Gasteiger partial charge is 0.452 e. The molecule has 0 radical (unpaired) electrons. The number of nitrogens with one attached hydrogen (secondary N) is 1. The number of hydrogen-bond donors (Lipinski definition) is 1. The molecule has 1 aromatic carbocycles. The Morgan fingerprint density at radius 1 is 1.33 bits per heavy atom. The van der Waals surface area contributed by atoms with Gasteiger partial charge in [-0.3, -0.25) is 4.79 Å². The molecular weight excluding hydrogens is 317 g/mol. The molecule has 7 heteroatoms. The van der Waals surface area contributed by atoms with Crippen molar-refractivity contribution in [3.05, 3.63) is 33.8 Å². The van der Waals surface area contributed by atoms with Gasteiger partial charge in [0.1, 0.15) is 0 Å². The van der Waals surface area contributed by atoms with E-state index < -0.39 is 5.97 Å². The number of hydrogen-bond acceptors (Lipinski definition) is 4. The lowest BCUT2D eigenvalue weighted by Crippen LogP contribution is -2.34. The quantitative estimate of drug-likeness (QED) is 0.841. The van der Waals surface area contributed by atoms with Crippen LogP contribution in [0.15, 0.2) is 18.2 Å². The first-order valence-electron chi connectivity index (χ1n) is 6.57. The maximum Gasteiger partial charge on any atom is 0.338 e. The van der Waals surface area contributed by atoms with Crippen molar-refractivity contribution < 1.29 is 19.1 Å². The van der Waals surface area contributed by atoms with Crippen LogP contribution >= 0.6 is 23.2 Å². The molecule has 21 heavy (non-hydrogen) atoms. The van der Waals surface area contributed by atoms with Crippen LogP contribution in [0.1, 0.15) is 23.2 Å². The van der Waals surface area contributed by atoms with Crippen LogP contribution in [0, 0.1) is 0 Å². The number of carbonyl (C=O) groups excluding carboxylic acids is 2. The molecule has 1 aliphatic heterocycles. The van der Waals surface area contributed by atoms with E-state index in [1.165, 1.54) is 18.2 Å². The Bertz CT molecular complexity index is 530. The first-order valence-corrected chi connectivity index (χ1v) is 7.32. The molecule has 114 valence electrons. The third-order valence-electron chi connectivity index (χ3n) is 3.04. The number of esters is 1. The van der Waals surface area contributed by atoms with Crippen molar-refractivity contribution in [3.8, 4) is 0 Å². The van der Waals surface area contributed by atoms with Crippen LogP contribution in [0.3, 0.4) is 0 Å². The zero-order valence-corrected chi connectivity index (χ0v) is 12.7. The van der Waals surface area contributed by atoms with Crippen LogP contribution in [0.4, 0.5) is 0 Å². The van der Waals surface area contributed by atoms with E-state index in [0.717, 1.165) is 19.4 Å². The van der Waals surface area contributed by atoms with Gasteiger partial charge in [0, 0.05) is 13.2 Å². The zero-order valence-electron chi connectivity index (χ0n) is 11.2. The molecule has 1 amide bonds. The summed E-state index contributed by atoms with van der Waals surface area (Å²) in [4.78, 5) is 23.3. The molecule has 1 aliphatic rings. The number of carbonyl (C=O) groups is 2. The lowest BCUT2D eigenvalue weighted by atomic mass is 10.2. The first kappa shape index (κ1) is 16.1. The fourth-order valence-corrected chi connectivity index (χ4v) is 2.22. The van der Waals surface area contributed by atoms with Crippen molar-refractivity contribution in [2.75, 3.05) is 19.8 Å². The normalized spacial score (nSPS) is 17.5. The van der Waals surface area contributed by atoms with Crippen LogP contribution < -0.4 is 5.32 Å². The summed E-state index contributed by atoms with van der Waals surface area (Å²) < 4.78 is 10.3. The van der Waals surface area contributed by atoms with E-state index in [9.17, 15) is 9.59 Å². The molecule has 0 spiro atoms. The molecule has 0 aliphatic carbocycles. The van der Waals surface area contributed by atoms with Gasteiger partial charge in [0.05, 0.1) is 21.7 Å². The number of amides is 1. The van der Waals surface area contributed by atoms with Crippen molar-refractivity contribution in [1.29, 1.82) is 0 Å². The second kappa shape index (κ2) is 7.64. The standard InChI is InChI=1S/C14H15Cl2NO4/c15-11-4-3-9(6-12(11)16)14(19)21-8-13(18)17-7-10-2-1-5-20-10/h3-4,6,10H,1-2,5,7-8H2,(H,17,18)/t10-/m0/s1. The topological polar surface area (TPSA) is 64.6 Å². The van der Waals surface area contributed by atoms with Crippen molar-refractivity contribution in [1.82, 2.24) is 5.32 Å². The van der Waals surface area contributed by atoms with Gasteiger partial charge in [0.2, 0.25) is 0 Å². The average Bonchev–Trinajstić information content (AvgIpc) is 2.98. The summed E-state index contributed by atoms with van der Waals surface area (Å²) in [7, 11) is 0. The summed E-state index contributed by atoms with van der Waals surface area (Å²) in [5.41, 5.74) is 0.247. The maximum absolute atomic E-state index is 11.7. The Hall–Kier alpha value is -1.30. The molecule has 1 atom stereocenters. The van der Waals surface area contributed by atoms with Crippen LogP contribution in [0.5, 0.6) is 0 Å². The van der Waals surface area contributed by atoms with Crippen molar-refractivity contribution in [2.24, 2.45) is 0 Å². The van der Waals surface area contributed by atoms with Crippen LogP contribution in [-0.4, -0.2) is 37.7 Å². The molecule has 1 saturated heterocycles. The van der Waals surface area contributed by atoms with Crippen molar-refractivity contribution >= 4 is 35.1 Å². The zero-order chi connectivity index (χ0) is 15.2. The molecule has 1 fully saturated rings. The van der Waals surface area contributed by atoms with Crippen LogP contribution in [0.25, 0.3) is 0 Å². The molecule has 0 unspecified atom stereocenters. The highest BCUT2D eigenvalue weighted by atomic mass is 35.5. The SMILES string of the molecule is O=C(COC(=O)c1ccc(Cl)c(Cl)c1)NC[C@@H]1CCCO1. The molecule has 1 aromatic rings. The molecule has 0 saturated carbocycles. The van der Waals surface area contributed by atoms with Gasteiger partial charge in [-0.1, -0.05) is 23.2 Å². The van der Waals surface area contributed by atoms with Gasteiger partial charge in [-0.2, -0.15) is 0 Å². The Kier molecular flexibility index (Phi) is 5.85. The molecule has 1 N–H and O–H groups in total. The molecule has 5 nitrogen and oxygen atoms in total. The van der Waals surface area contributed by atoms with E-state index in [0.29, 0.717) is 11.6 Å². The van der Waals surface area contributed by atoms with Crippen LogP contribution in [-0.2, 0) is 14.3 Å². The average molecular weight is 332 g/mol. The van der Waals surface area contributed by atoms with Gasteiger partial charge in [0.15, 0.2) is 6.61 Å². The lowest BCUT2D eigenvalue weighted by Gasteiger charge is -2.11. The predicted molar refractivity (Wildman–Crippen MR) is 78.7 cm³/mol. The molecule has 2 rings (SSSR count). The fourth-order valence-electron chi connectivity index (χ4n) is 1.92. The smallest absolute Gasteiger partial charge is 0.338 e. The van der Waals surface area contributed by atoms with E-state index in [-0.39, 0.29) is 29.2 Å². The highest BCUT2D eigenvalue weighted by Gasteiger charge is 2.17. The number of benzene rings is 1. The minimum Gasteiger partial charge on any atom is -0.452 e. The van der Waals surface area contributed by atoms with Gasteiger partial charge in [-0.15, -0.1) is 0 Å². The third kappa shape index (κ3) is 4.88. The Morgan fingerprint density at radius 2 is 2.14 bits per heavy atom. The minimum absolute atomic E-state index is 0.0553. The summed E-state index contributed by atoms with van der Waals surface area (Å²) in [6, 6.07) is 4.38. The lowest BCUT2D eigenvalue weighted by molar-refractivity contribution is -0.124. The van der Waals surface area contributed by atoms with Gasteiger partial charge < -0.3 is 14.8 Å². The highest BCUT2D eigenvalue weighted by molar-refractivity contribution is 6.42. The molecule has 0 bridgehead atoms. The first-order chi connectivity index (χ1) is 10.1. The second-order valence-corrected chi connectivity index (χ2v) is 5.46. The van der Waals surface area contributed by atoms with Gasteiger partial charge in [-0.25, -0.2) is 4.79 Å². The van der Waals surface area contributed by atoms with E-state index in [1.54, 1.807) is 0 Å². The third-order valence-corrected chi connectivity index (χ3v) is 3.78. The monoisotopic (exact) mass is 331 g/mol. The Balaban J connectivity index is 1.74. The van der Waals surface area contributed by atoms with Gasteiger partial charge in [0.25, 0.3) is 5.91 Å². The van der Waals surface area contributed by atoms with Crippen LogP contribution in [0.2, 0.25) is 10.0 Å². The highest BCUT2D eigenvalue weighted by Crippen LogP contribution is 2.22. The van der Waals surface area contributed by atoms with Crippen molar-refractivity contribution in [2.45, 2.75) is 18.9 Å². The molecule has 0 aromatic heterocycles. The summed E-state index contributed by atoms with van der Waals surface area (Å²) >= 11 is 11.6. The van der Waals surface area contributed by atoms with E-state index in [1.807, 2.05) is 0 Å². The Morgan fingerprint density at radius 3 is 2.81 bits per heavy atom. The maximum atomic E-state index is 11.7. The number of ether oxygens (including phenoxy) is 2. The predicted octanol–water partition coefficient (Wildman–Crippen LogP) is 2.45.